The summed E-state index contributed by atoms with van der Waals surface area (Å²) in [4.78, 5) is 0. The number of aryl methyl sites for hydroxylation is 1. The lowest BCUT2D eigenvalue weighted by molar-refractivity contribution is 0.967. The molecule has 14 heavy (non-hydrogen) atoms. The topological polar surface area (TPSA) is 52.0 Å². The lowest BCUT2D eigenvalue weighted by atomic mass is 10.1. The van der Waals surface area contributed by atoms with Gasteiger partial charge in [-0.2, -0.15) is 0 Å². The molecule has 0 aliphatic heterocycles. The van der Waals surface area contributed by atoms with Crippen LogP contribution in [0.15, 0.2) is 12.1 Å². The van der Waals surface area contributed by atoms with Gasteiger partial charge in [-0.25, -0.2) is 0 Å². The molecular weight excluding hydrogens is 196 g/mol. The molecule has 0 amide bonds. The minimum Gasteiger partial charge on any atom is -0.397 e. The Bertz CT molecular complexity index is 262. The van der Waals surface area contributed by atoms with Gasteiger partial charge in [0.1, 0.15) is 0 Å². The summed E-state index contributed by atoms with van der Waals surface area (Å²) in [5, 5.41) is 0.624. The lowest BCUT2D eigenvalue weighted by Gasteiger charge is -2.06. The summed E-state index contributed by atoms with van der Waals surface area (Å²) in [5.41, 5.74) is 13.9. The zero-order valence-corrected chi connectivity index (χ0v) is 9.86. The van der Waals surface area contributed by atoms with E-state index in [9.17, 15) is 0 Å². The molecule has 0 bridgehead atoms. The van der Waals surface area contributed by atoms with Gasteiger partial charge in [0.15, 0.2) is 0 Å². The number of nitrogens with two attached hydrogens (primary N) is 2. The van der Waals surface area contributed by atoms with E-state index in [2.05, 4.69) is 0 Å². The predicted molar refractivity (Wildman–Crippen MR) is 64.7 cm³/mol. The molecule has 0 fully saturated rings. The summed E-state index contributed by atoms with van der Waals surface area (Å²) in [6.45, 7) is 6.58. The fourth-order valence-electron chi connectivity index (χ4n) is 1.14. The van der Waals surface area contributed by atoms with Crippen molar-refractivity contribution in [2.45, 2.75) is 27.2 Å². The second-order valence-electron chi connectivity index (χ2n) is 2.85. The van der Waals surface area contributed by atoms with Gasteiger partial charge in [-0.3, -0.25) is 0 Å². The first-order valence-electron chi connectivity index (χ1n) is 4.89. The van der Waals surface area contributed by atoms with Crippen LogP contribution in [-0.2, 0) is 6.42 Å². The number of anilines is 1. The Morgan fingerprint density at radius 1 is 1.29 bits per heavy atom. The highest BCUT2D eigenvalue weighted by Gasteiger charge is 2.01. The maximum Gasteiger partial charge on any atom is 0.0640 e. The first-order valence-corrected chi connectivity index (χ1v) is 5.27. The number of rotatable bonds is 2. The van der Waals surface area contributed by atoms with Crippen LogP contribution in [0.4, 0.5) is 5.69 Å². The van der Waals surface area contributed by atoms with Crippen LogP contribution < -0.4 is 11.5 Å². The van der Waals surface area contributed by atoms with Crippen LogP contribution in [0.2, 0.25) is 5.02 Å². The SMILES string of the molecule is CC.Cc1cc(CCN)cc(Cl)c1N. The van der Waals surface area contributed by atoms with E-state index >= 15 is 0 Å². The number of nitrogen functional groups attached to an aromatic ring is 1. The Balaban J connectivity index is 0.000000791. The Hall–Kier alpha value is -0.730. The molecule has 4 N–H and O–H groups in total. The van der Waals surface area contributed by atoms with Gasteiger partial charge in [-0.15, -0.1) is 0 Å². The van der Waals surface area contributed by atoms with Crippen molar-refractivity contribution in [1.29, 1.82) is 0 Å². The molecule has 1 aromatic carbocycles. The standard InChI is InChI=1S/C9H13ClN2.C2H6/c1-6-4-7(2-3-11)5-8(10)9(6)12;1-2/h4-5H,2-3,11-12H2,1H3;1-2H3. The molecule has 0 aliphatic carbocycles. The maximum atomic E-state index is 5.89. The molecule has 1 rings (SSSR count). The first-order chi connectivity index (χ1) is 6.65. The van der Waals surface area contributed by atoms with Crippen molar-refractivity contribution in [1.82, 2.24) is 0 Å². The molecule has 0 aromatic heterocycles. The van der Waals surface area contributed by atoms with Crippen LogP contribution in [0.3, 0.4) is 0 Å². The molecule has 0 heterocycles. The minimum atomic E-state index is 0.624. The first kappa shape index (κ1) is 13.3. The van der Waals surface area contributed by atoms with Crippen molar-refractivity contribution in [2.75, 3.05) is 12.3 Å². The predicted octanol–water partition coefficient (Wildman–Crippen LogP) is 2.76. The summed E-state index contributed by atoms with van der Waals surface area (Å²) in [7, 11) is 0. The van der Waals surface area contributed by atoms with Gasteiger partial charge in [0, 0.05) is 0 Å². The molecule has 0 atom stereocenters. The fraction of sp³-hybridized carbons (Fsp3) is 0.455. The van der Waals surface area contributed by atoms with Crippen LogP contribution >= 0.6 is 11.6 Å². The maximum absolute atomic E-state index is 5.89. The highest BCUT2D eigenvalue weighted by atomic mass is 35.5. The van der Waals surface area contributed by atoms with E-state index in [4.69, 9.17) is 23.1 Å². The molecule has 0 aliphatic rings. The molecular formula is C11H19ClN2. The monoisotopic (exact) mass is 214 g/mol. The third kappa shape index (κ3) is 3.56. The van der Waals surface area contributed by atoms with E-state index in [1.165, 1.54) is 0 Å². The Labute approximate surface area is 91.2 Å². The normalized spacial score (nSPS) is 9.21. The molecule has 3 heteroatoms. The molecule has 0 saturated carbocycles. The fourth-order valence-corrected chi connectivity index (χ4v) is 1.43. The van der Waals surface area contributed by atoms with Crippen molar-refractivity contribution >= 4 is 17.3 Å². The molecule has 0 spiro atoms. The Kier molecular flexibility index (Phi) is 6.34. The van der Waals surface area contributed by atoms with E-state index in [1.807, 2.05) is 32.9 Å². The number of benzene rings is 1. The van der Waals surface area contributed by atoms with Gasteiger partial charge in [0.05, 0.1) is 10.7 Å². The largest absolute Gasteiger partial charge is 0.397 e. The van der Waals surface area contributed by atoms with Crippen LogP contribution in [0.5, 0.6) is 0 Å². The number of hydrogen-bond donors (Lipinski definition) is 2. The third-order valence-electron chi connectivity index (χ3n) is 1.83. The van der Waals surface area contributed by atoms with Crippen molar-refractivity contribution in [3.05, 3.63) is 28.3 Å². The number of halogens is 1. The quantitative estimate of drug-likeness (QED) is 0.744. The van der Waals surface area contributed by atoms with Gasteiger partial charge in [0.25, 0.3) is 0 Å². The van der Waals surface area contributed by atoms with Crippen LogP contribution in [0.25, 0.3) is 0 Å². The summed E-state index contributed by atoms with van der Waals surface area (Å²) >= 11 is 5.89. The third-order valence-corrected chi connectivity index (χ3v) is 2.14. The van der Waals surface area contributed by atoms with Crippen LogP contribution in [0, 0.1) is 6.92 Å². The van der Waals surface area contributed by atoms with Crippen LogP contribution in [-0.4, -0.2) is 6.54 Å². The van der Waals surface area contributed by atoms with Gasteiger partial charge in [-0.05, 0) is 37.1 Å². The smallest absolute Gasteiger partial charge is 0.0640 e. The van der Waals surface area contributed by atoms with E-state index in [1.54, 1.807) is 0 Å². The van der Waals surface area contributed by atoms with E-state index in [0.717, 1.165) is 17.5 Å². The summed E-state index contributed by atoms with van der Waals surface area (Å²) in [5.74, 6) is 0. The molecule has 0 saturated heterocycles. The van der Waals surface area contributed by atoms with E-state index < -0.39 is 0 Å². The van der Waals surface area contributed by atoms with E-state index in [-0.39, 0.29) is 0 Å². The molecule has 0 radical (unpaired) electrons. The average Bonchev–Trinajstić information content (AvgIpc) is 2.18. The average molecular weight is 215 g/mol. The minimum absolute atomic E-state index is 0.624. The Morgan fingerprint density at radius 3 is 2.29 bits per heavy atom. The molecule has 0 unspecified atom stereocenters. The molecule has 2 nitrogen and oxygen atoms in total. The second kappa shape index (κ2) is 6.68. The van der Waals surface area contributed by atoms with Crippen molar-refractivity contribution in [2.24, 2.45) is 5.73 Å². The van der Waals surface area contributed by atoms with E-state index in [0.29, 0.717) is 17.3 Å². The van der Waals surface area contributed by atoms with Gasteiger partial charge >= 0.3 is 0 Å². The van der Waals surface area contributed by atoms with Crippen LogP contribution in [0.1, 0.15) is 25.0 Å². The highest BCUT2D eigenvalue weighted by molar-refractivity contribution is 6.33. The van der Waals surface area contributed by atoms with Gasteiger partial charge in [-0.1, -0.05) is 31.5 Å². The molecule has 1 aromatic rings. The summed E-state index contributed by atoms with van der Waals surface area (Å²) in [6.07, 6.45) is 0.848. The number of hydrogen-bond acceptors (Lipinski definition) is 2. The lowest BCUT2D eigenvalue weighted by Crippen LogP contribution is -2.03. The summed E-state index contributed by atoms with van der Waals surface area (Å²) in [6, 6.07) is 3.89. The van der Waals surface area contributed by atoms with Gasteiger partial charge in [0.2, 0.25) is 0 Å². The zero-order chi connectivity index (χ0) is 11.1. The zero-order valence-electron chi connectivity index (χ0n) is 9.10. The van der Waals surface area contributed by atoms with Crippen molar-refractivity contribution in [3.63, 3.8) is 0 Å². The highest BCUT2D eigenvalue weighted by Crippen LogP contribution is 2.24. The summed E-state index contributed by atoms with van der Waals surface area (Å²) < 4.78 is 0. The van der Waals surface area contributed by atoms with Crippen molar-refractivity contribution < 1.29 is 0 Å². The Morgan fingerprint density at radius 2 is 1.86 bits per heavy atom. The van der Waals surface area contributed by atoms with Crippen molar-refractivity contribution in [3.8, 4) is 0 Å². The van der Waals surface area contributed by atoms with Gasteiger partial charge < -0.3 is 11.5 Å². The second-order valence-corrected chi connectivity index (χ2v) is 3.25. The molecule has 80 valence electrons.